The lowest BCUT2D eigenvalue weighted by Gasteiger charge is -2.29. The molecule has 0 aliphatic carbocycles. The summed E-state index contributed by atoms with van der Waals surface area (Å²) in [7, 11) is -6.35. The highest BCUT2D eigenvalue weighted by atomic mass is 32.2. The van der Waals surface area contributed by atoms with Crippen LogP contribution in [-0.2, 0) is 53.0 Å². The molecule has 0 fully saturated rings. The van der Waals surface area contributed by atoms with E-state index in [0.717, 1.165) is 19.7 Å². The topological polar surface area (TPSA) is 240 Å². The van der Waals surface area contributed by atoms with Gasteiger partial charge in [0.15, 0.2) is 0 Å². The summed E-state index contributed by atoms with van der Waals surface area (Å²) >= 11 is 0. The molecule has 0 bridgehead atoms. The molecule has 0 saturated heterocycles. The first-order valence-corrected chi connectivity index (χ1v) is 21.5. The van der Waals surface area contributed by atoms with Gasteiger partial charge >= 0.3 is 0 Å². The average Bonchev–Trinajstić information content (AvgIpc) is 3.14. The molecule has 0 saturated carbocycles. The molecule has 0 aliphatic heterocycles. The quantitative estimate of drug-likeness (QED) is 0.0597. The second-order valence-electron chi connectivity index (χ2n) is 13.4. The second kappa shape index (κ2) is 23.0. The van der Waals surface area contributed by atoms with Crippen LogP contribution in [0.5, 0.6) is 0 Å². The van der Waals surface area contributed by atoms with E-state index in [2.05, 4.69) is 16.0 Å². The predicted octanol–water partition coefficient (Wildman–Crippen LogP) is 0.0662. The Kier molecular flexibility index (Phi) is 18.9. The van der Waals surface area contributed by atoms with Crippen LogP contribution < -0.4 is 33.2 Å². The zero-order valence-electron chi connectivity index (χ0n) is 31.4. The first-order chi connectivity index (χ1) is 26.3. The SMILES string of the molecule is CN[C@@H](Cc1ccccc1)CN(CC(=O)N[C@@H](CCCCN)C(=O)N[C@@H](Cc1ccccc1)CN(CC(N)=O)S(=O)(=O)Cc1ccccc1)S(=O)(=O)CCN. The summed E-state index contributed by atoms with van der Waals surface area (Å²) in [6, 6.07) is 24.8. The minimum atomic E-state index is -4.09. The molecule has 302 valence electrons. The molecular formula is C38H56N8O7S2. The van der Waals surface area contributed by atoms with Gasteiger partial charge in [0.05, 0.1) is 24.6 Å². The van der Waals surface area contributed by atoms with Crippen molar-refractivity contribution in [2.45, 2.75) is 56.0 Å². The number of hydrogen-bond donors (Lipinski definition) is 6. The highest BCUT2D eigenvalue weighted by Gasteiger charge is 2.32. The summed E-state index contributed by atoms with van der Waals surface area (Å²) in [5.74, 6) is -2.96. The largest absolute Gasteiger partial charge is 0.369 e. The molecule has 3 atom stereocenters. The molecule has 3 rings (SSSR count). The van der Waals surface area contributed by atoms with Crippen LogP contribution in [0.2, 0.25) is 0 Å². The van der Waals surface area contributed by atoms with Gasteiger partial charge in [0.1, 0.15) is 6.04 Å². The average molecular weight is 801 g/mol. The van der Waals surface area contributed by atoms with Gasteiger partial charge in [-0.05, 0) is 62.4 Å². The van der Waals surface area contributed by atoms with Gasteiger partial charge in [0.25, 0.3) is 0 Å². The van der Waals surface area contributed by atoms with E-state index in [1.165, 1.54) is 0 Å². The number of sulfonamides is 2. The highest BCUT2D eigenvalue weighted by molar-refractivity contribution is 7.89. The van der Waals surface area contributed by atoms with Crippen LogP contribution in [0.25, 0.3) is 0 Å². The van der Waals surface area contributed by atoms with E-state index in [-0.39, 0.29) is 44.3 Å². The molecule has 9 N–H and O–H groups in total. The zero-order chi connectivity index (χ0) is 40.3. The van der Waals surface area contributed by atoms with Gasteiger partial charge in [-0.3, -0.25) is 14.4 Å². The van der Waals surface area contributed by atoms with Crippen LogP contribution in [0.15, 0.2) is 91.0 Å². The summed E-state index contributed by atoms with van der Waals surface area (Å²) in [4.78, 5) is 39.8. The Bertz CT molecular complexity index is 1840. The van der Waals surface area contributed by atoms with Crippen molar-refractivity contribution in [2.24, 2.45) is 17.2 Å². The normalized spacial score (nSPS) is 13.6. The predicted molar refractivity (Wildman–Crippen MR) is 214 cm³/mol. The minimum Gasteiger partial charge on any atom is -0.369 e. The number of rotatable bonds is 26. The molecule has 17 heteroatoms. The first-order valence-electron chi connectivity index (χ1n) is 18.3. The summed E-state index contributed by atoms with van der Waals surface area (Å²) in [6.07, 6.45) is 1.87. The summed E-state index contributed by atoms with van der Waals surface area (Å²) < 4.78 is 56.1. The van der Waals surface area contributed by atoms with Crippen molar-refractivity contribution in [3.05, 3.63) is 108 Å². The van der Waals surface area contributed by atoms with E-state index in [1.54, 1.807) is 49.5 Å². The van der Waals surface area contributed by atoms with E-state index in [4.69, 9.17) is 17.2 Å². The van der Waals surface area contributed by atoms with Crippen molar-refractivity contribution in [3.8, 4) is 0 Å². The number of carbonyl (C=O) groups excluding carboxylic acids is 3. The van der Waals surface area contributed by atoms with Gasteiger partial charge in [-0.25, -0.2) is 16.8 Å². The number of nitrogens with one attached hydrogen (secondary N) is 3. The van der Waals surface area contributed by atoms with Gasteiger partial charge in [0, 0.05) is 31.7 Å². The summed E-state index contributed by atoms with van der Waals surface area (Å²) in [6.45, 7) is -1.30. The van der Waals surface area contributed by atoms with Crippen LogP contribution in [0.3, 0.4) is 0 Å². The fourth-order valence-corrected chi connectivity index (χ4v) is 8.86. The van der Waals surface area contributed by atoms with Crippen LogP contribution in [0.4, 0.5) is 0 Å². The molecular weight excluding hydrogens is 745 g/mol. The smallest absolute Gasteiger partial charge is 0.242 e. The third-order valence-corrected chi connectivity index (χ3v) is 12.4. The molecule has 3 amide bonds. The number of hydrogen-bond acceptors (Lipinski definition) is 10. The number of likely N-dealkylation sites (N-methyl/N-ethyl adjacent to an activating group) is 1. The van der Waals surface area contributed by atoms with Gasteiger partial charge in [-0.15, -0.1) is 0 Å². The third kappa shape index (κ3) is 16.2. The lowest BCUT2D eigenvalue weighted by molar-refractivity contribution is -0.129. The van der Waals surface area contributed by atoms with Gasteiger partial charge in [0.2, 0.25) is 37.8 Å². The van der Waals surface area contributed by atoms with Crippen molar-refractivity contribution >= 4 is 37.8 Å². The molecule has 0 aliphatic rings. The number of primary amides is 1. The van der Waals surface area contributed by atoms with Crippen molar-refractivity contribution in [3.63, 3.8) is 0 Å². The molecule has 0 aromatic heterocycles. The molecule has 15 nitrogen and oxygen atoms in total. The van der Waals surface area contributed by atoms with Gasteiger partial charge in [-0.2, -0.15) is 8.61 Å². The Balaban J connectivity index is 1.87. The fourth-order valence-electron chi connectivity index (χ4n) is 6.05. The van der Waals surface area contributed by atoms with Crippen LogP contribution in [-0.4, -0.2) is 113 Å². The number of amides is 3. The van der Waals surface area contributed by atoms with Crippen molar-refractivity contribution in [1.82, 2.24) is 24.6 Å². The van der Waals surface area contributed by atoms with Crippen molar-refractivity contribution in [1.29, 1.82) is 0 Å². The maximum Gasteiger partial charge on any atom is 0.242 e. The summed E-state index contributed by atoms with van der Waals surface area (Å²) in [5, 5.41) is 8.77. The van der Waals surface area contributed by atoms with E-state index in [1.807, 2.05) is 48.5 Å². The lowest BCUT2D eigenvalue weighted by atomic mass is 10.0. The Morgan fingerprint density at radius 3 is 1.67 bits per heavy atom. The second-order valence-corrected chi connectivity index (χ2v) is 17.4. The number of unbranched alkanes of at least 4 members (excludes halogenated alkanes) is 1. The van der Waals surface area contributed by atoms with E-state index in [0.29, 0.717) is 31.4 Å². The van der Waals surface area contributed by atoms with Crippen molar-refractivity contribution in [2.75, 3.05) is 52.1 Å². The van der Waals surface area contributed by atoms with E-state index >= 15 is 0 Å². The van der Waals surface area contributed by atoms with Crippen LogP contribution >= 0.6 is 0 Å². The molecule has 0 spiro atoms. The Morgan fingerprint density at radius 2 is 1.16 bits per heavy atom. The zero-order valence-corrected chi connectivity index (χ0v) is 33.0. The molecule has 0 heterocycles. The number of nitrogens with zero attached hydrogens (tertiary/aromatic N) is 2. The monoisotopic (exact) mass is 800 g/mol. The van der Waals surface area contributed by atoms with E-state index in [9.17, 15) is 31.2 Å². The van der Waals surface area contributed by atoms with Crippen LogP contribution in [0.1, 0.15) is 36.0 Å². The number of carbonyl (C=O) groups is 3. The highest BCUT2D eigenvalue weighted by Crippen LogP contribution is 2.15. The number of benzene rings is 3. The van der Waals surface area contributed by atoms with E-state index < -0.39 is 68.7 Å². The summed E-state index contributed by atoms with van der Waals surface area (Å²) in [5.41, 5.74) is 19.1. The molecule has 0 unspecified atom stereocenters. The molecule has 3 aromatic carbocycles. The maximum atomic E-state index is 14.1. The Labute approximate surface area is 325 Å². The molecule has 3 aromatic rings. The van der Waals surface area contributed by atoms with Gasteiger partial charge in [-0.1, -0.05) is 91.0 Å². The Morgan fingerprint density at radius 1 is 0.655 bits per heavy atom. The third-order valence-electron chi connectivity index (χ3n) is 8.86. The first kappa shape index (κ1) is 45.2. The van der Waals surface area contributed by atoms with Crippen LogP contribution in [0, 0.1) is 0 Å². The van der Waals surface area contributed by atoms with Crippen molar-refractivity contribution < 1.29 is 31.2 Å². The fraction of sp³-hybridized carbons (Fsp3) is 0.447. The Hall–Kier alpha value is -4.23. The van der Waals surface area contributed by atoms with Gasteiger partial charge < -0.3 is 33.2 Å². The standard InChI is InChI=1S/C38H56N8O7S2/c1-42-33(23-30-13-5-2-6-14-30)25-46(54(50,51)22-21-40)28-37(48)44-35(19-11-12-20-39)38(49)43-34(24-31-15-7-3-8-16-31)26-45(27-36(41)47)55(52,53)29-32-17-9-4-10-18-32/h2-10,13-18,33-35,42H,11-12,19-29,39-40H2,1H3,(H2,41,47)(H,43,49)(H,44,48)/t33-,34-,35-/m0/s1. The lowest BCUT2D eigenvalue weighted by Crippen LogP contribution is -2.56. The molecule has 0 radical (unpaired) electrons. The minimum absolute atomic E-state index is 0.0303. The number of nitrogens with two attached hydrogens (primary N) is 3. The maximum absolute atomic E-state index is 14.1. The molecule has 55 heavy (non-hydrogen) atoms.